The maximum absolute atomic E-state index is 13.3. The number of nitrogens with zero attached hydrogens (tertiary/aromatic N) is 4. The number of carbonyl (C=O) groups is 1. The summed E-state index contributed by atoms with van der Waals surface area (Å²) in [7, 11) is -0.139. The third-order valence-corrected chi connectivity index (χ3v) is 8.23. The number of nitrogens with one attached hydrogen (secondary N) is 2. The second kappa shape index (κ2) is 12.6. The average Bonchev–Trinajstić information content (AvgIpc) is 3.18. The van der Waals surface area contributed by atoms with Crippen LogP contribution in [0.2, 0.25) is 5.02 Å². The SMILES string of the molecule is CCCCn1cnnc1NS(=O)(=O)c1cc(C)c(Cl)cc1SC(CC)C(=O)NCCN(C)C. The second-order valence-corrected chi connectivity index (χ2v) is 11.3. The number of benzene rings is 1. The Morgan fingerprint density at radius 2 is 2.03 bits per heavy atom. The minimum Gasteiger partial charge on any atom is -0.354 e. The van der Waals surface area contributed by atoms with Crippen molar-refractivity contribution in [1.82, 2.24) is 25.0 Å². The molecule has 0 aliphatic rings. The highest BCUT2D eigenvalue weighted by atomic mass is 35.5. The van der Waals surface area contributed by atoms with Crippen molar-refractivity contribution in [2.45, 2.75) is 61.6 Å². The molecule has 1 heterocycles. The molecule has 1 unspecified atom stereocenters. The van der Waals surface area contributed by atoms with Crippen LogP contribution in [0.4, 0.5) is 5.95 Å². The van der Waals surface area contributed by atoms with E-state index in [0.29, 0.717) is 41.5 Å². The van der Waals surface area contributed by atoms with Gasteiger partial charge in [0.25, 0.3) is 10.0 Å². The predicted octanol–water partition coefficient (Wildman–Crippen LogP) is 3.39. The highest BCUT2D eigenvalue weighted by Crippen LogP contribution is 2.36. The van der Waals surface area contributed by atoms with E-state index in [4.69, 9.17) is 11.6 Å². The number of likely N-dealkylation sites (N-methyl/N-ethyl adjacent to an activating group) is 1. The van der Waals surface area contributed by atoms with Gasteiger partial charge in [0.05, 0.1) is 5.25 Å². The number of aromatic nitrogens is 3. The first-order chi connectivity index (χ1) is 15.6. The van der Waals surface area contributed by atoms with Gasteiger partial charge in [-0.15, -0.1) is 22.0 Å². The van der Waals surface area contributed by atoms with E-state index in [1.165, 1.54) is 24.2 Å². The number of anilines is 1. The summed E-state index contributed by atoms with van der Waals surface area (Å²) in [6, 6.07) is 3.13. The Labute approximate surface area is 205 Å². The molecule has 0 saturated carbocycles. The molecule has 1 aromatic heterocycles. The summed E-state index contributed by atoms with van der Waals surface area (Å²) in [5.41, 5.74) is 0.623. The zero-order valence-corrected chi connectivity index (χ0v) is 22.1. The first-order valence-corrected chi connectivity index (χ1v) is 13.6. The number of aryl methyl sites for hydroxylation is 2. The zero-order valence-electron chi connectivity index (χ0n) is 19.8. The molecule has 0 aliphatic carbocycles. The quantitative estimate of drug-likeness (QED) is 0.393. The van der Waals surface area contributed by atoms with Crippen molar-refractivity contribution in [2.75, 3.05) is 31.9 Å². The lowest BCUT2D eigenvalue weighted by Gasteiger charge is -2.19. The Hall–Kier alpha value is -1.82. The standard InChI is InChI=1S/C21H33ClN6O3S2/c1-6-8-10-28-14-24-25-21(28)26-33(30,31)19-12-15(3)16(22)13-18(19)32-17(7-2)20(29)23-9-11-27(4)5/h12-14,17H,6-11H2,1-5H3,(H,23,29)(H,25,26). The van der Waals surface area contributed by atoms with E-state index in [0.717, 1.165) is 12.8 Å². The molecule has 0 saturated heterocycles. The van der Waals surface area contributed by atoms with E-state index in [1.54, 1.807) is 17.6 Å². The molecule has 184 valence electrons. The zero-order chi connectivity index (χ0) is 24.6. The fourth-order valence-electron chi connectivity index (χ4n) is 2.93. The predicted molar refractivity (Wildman–Crippen MR) is 133 cm³/mol. The van der Waals surface area contributed by atoms with E-state index in [2.05, 4.69) is 27.2 Å². The van der Waals surface area contributed by atoms with Gasteiger partial charge in [0.15, 0.2) is 0 Å². The van der Waals surface area contributed by atoms with Crippen molar-refractivity contribution in [3.63, 3.8) is 0 Å². The molecule has 2 N–H and O–H groups in total. The fraction of sp³-hybridized carbons (Fsp3) is 0.571. The van der Waals surface area contributed by atoms with Crippen LogP contribution in [0.5, 0.6) is 0 Å². The molecule has 0 spiro atoms. The maximum Gasteiger partial charge on any atom is 0.265 e. The monoisotopic (exact) mass is 516 g/mol. The molecule has 12 heteroatoms. The molecule has 0 bridgehead atoms. The van der Waals surface area contributed by atoms with Gasteiger partial charge in [0.1, 0.15) is 11.2 Å². The van der Waals surface area contributed by atoms with Gasteiger partial charge in [0.2, 0.25) is 11.9 Å². The number of unbranched alkanes of at least 4 members (excludes halogenated alkanes) is 1. The van der Waals surface area contributed by atoms with Crippen LogP contribution in [-0.4, -0.2) is 66.4 Å². The van der Waals surface area contributed by atoms with E-state index in [1.807, 2.05) is 25.9 Å². The molecule has 9 nitrogen and oxygen atoms in total. The van der Waals surface area contributed by atoms with E-state index in [-0.39, 0.29) is 16.8 Å². The smallest absolute Gasteiger partial charge is 0.265 e. The van der Waals surface area contributed by atoms with Crippen molar-refractivity contribution >= 4 is 45.2 Å². The molecule has 33 heavy (non-hydrogen) atoms. The highest BCUT2D eigenvalue weighted by Gasteiger charge is 2.26. The van der Waals surface area contributed by atoms with Crippen molar-refractivity contribution in [1.29, 1.82) is 0 Å². The third kappa shape index (κ3) is 7.87. The lowest BCUT2D eigenvalue weighted by atomic mass is 10.2. The molecular weight excluding hydrogens is 484 g/mol. The highest BCUT2D eigenvalue weighted by molar-refractivity contribution is 8.01. The number of halogens is 1. The van der Waals surface area contributed by atoms with E-state index >= 15 is 0 Å². The van der Waals surface area contributed by atoms with Gasteiger partial charge >= 0.3 is 0 Å². The molecule has 0 fully saturated rings. The molecular formula is C21H33ClN6O3S2. The Balaban J connectivity index is 2.31. The molecule has 1 amide bonds. The van der Waals surface area contributed by atoms with Gasteiger partial charge in [-0.25, -0.2) is 13.1 Å². The summed E-state index contributed by atoms with van der Waals surface area (Å²) in [6.07, 6.45) is 3.86. The summed E-state index contributed by atoms with van der Waals surface area (Å²) < 4.78 is 30.9. The van der Waals surface area contributed by atoms with Crippen molar-refractivity contribution < 1.29 is 13.2 Å². The van der Waals surface area contributed by atoms with Gasteiger partial charge < -0.3 is 10.2 Å². The van der Waals surface area contributed by atoms with Crippen LogP contribution < -0.4 is 10.0 Å². The molecule has 0 radical (unpaired) electrons. The number of hydrogen-bond acceptors (Lipinski definition) is 7. The van der Waals surface area contributed by atoms with E-state index < -0.39 is 15.3 Å². The minimum atomic E-state index is -4.00. The molecule has 1 aromatic carbocycles. The van der Waals surface area contributed by atoms with Gasteiger partial charge in [-0.2, -0.15) is 0 Å². The summed E-state index contributed by atoms with van der Waals surface area (Å²) in [4.78, 5) is 15.1. The summed E-state index contributed by atoms with van der Waals surface area (Å²) in [5.74, 6) is 0.0112. The summed E-state index contributed by atoms with van der Waals surface area (Å²) >= 11 is 7.52. The van der Waals surface area contributed by atoms with Crippen LogP contribution in [0.15, 0.2) is 28.3 Å². The van der Waals surface area contributed by atoms with Crippen LogP contribution >= 0.6 is 23.4 Å². The van der Waals surface area contributed by atoms with Gasteiger partial charge in [0, 0.05) is 29.6 Å². The molecule has 2 aromatic rings. The number of thioether (sulfide) groups is 1. The molecule has 1 atom stereocenters. The Bertz CT molecular complexity index is 1040. The van der Waals surface area contributed by atoms with Crippen LogP contribution in [0.1, 0.15) is 38.7 Å². The minimum absolute atomic E-state index is 0.0546. The first kappa shape index (κ1) is 27.4. The summed E-state index contributed by atoms with van der Waals surface area (Å²) in [5, 5.41) is 10.6. The number of rotatable bonds is 13. The largest absolute Gasteiger partial charge is 0.354 e. The normalized spacial score (nSPS) is 12.7. The van der Waals surface area contributed by atoms with Crippen LogP contribution in [0.25, 0.3) is 0 Å². The number of amides is 1. The summed E-state index contributed by atoms with van der Waals surface area (Å²) in [6.45, 7) is 7.51. The van der Waals surface area contributed by atoms with Gasteiger partial charge in [-0.3, -0.25) is 9.36 Å². The van der Waals surface area contributed by atoms with Crippen molar-refractivity contribution in [2.24, 2.45) is 0 Å². The first-order valence-electron chi connectivity index (χ1n) is 10.9. The number of hydrogen-bond donors (Lipinski definition) is 2. The fourth-order valence-corrected chi connectivity index (χ4v) is 5.82. The molecule has 2 rings (SSSR count). The average molecular weight is 517 g/mol. The Morgan fingerprint density at radius 3 is 2.67 bits per heavy atom. The number of sulfonamides is 1. The van der Waals surface area contributed by atoms with Crippen LogP contribution in [0.3, 0.4) is 0 Å². The van der Waals surface area contributed by atoms with Crippen LogP contribution in [0, 0.1) is 6.92 Å². The van der Waals surface area contributed by atoms with Crippen LogP contribution in [-0.2, 0) is 21.4 Å². The number of carbonyl (C=O) groups excluding carboxylic acids is 1. The van der Waals surface area contributed by atoms with Crippen molar-refractivity contribution in [3.05, 3.63) is 29.0 Å². The van der Waals surface area contributed by atoms with Gasteiger partial charge in [-0.05, 0) is 51.6 Å². The lowest BCUT2D eigenvalue weighted by Crippen LogP contribution is -2.36. The van der Waals surface area contributed by atoms with Crippen molar-refractivity contribution in [3.8, 4) is 0 Å². The maximum atomic E-state index is 13.3. The lowest BCUT2D eigenvalue weighted by molar-refractivity contribution is -0.120. The topological polar surface area (TPSA) is 109 Å². The van der Waals surface area contributed by atoms with Gasteiger partial charge in [-0.1, -0.05) is 31.9 Å². The van der Waals surface area contributed by atoms with E-state index in [9.17, 15) is 13.2 Å². The second-order valence-electron chi connectivity index (χ2n) is 7.96. The molecule has 0 aliphatic heterocycles. The third-order valence-electron chi connectivity index (χ3n) is 4.90. The Kier molecular flexibility index (Phi) is 10.5. The Morgan fingerprint density at radius 1 is 1.30 bits per heavy atom.